The first-order valence-electron chi connectivity index (χ1n) is 10.8. The normalized spacial score (nSPS) is 14.0. The molecule has 0 spiro atoms. The lowest BCUT2D eigenvalue weighted by molar-refractivity contribution is -0.129. The van der Waals surface area contributed by atoms with E-state index in [2.05, 4.69) is 20.8 Å². The minimum absolute atomic E-state index is 0.130. The number of aromatic nitrogens is 2. The zero-order valence-electron chi connectivity index (χ0n) is 17.6. The lowest BCUT2D eigenvalue weighted by Crippen LogP contribution is -2.48. The number of halogens is 1. The lowest BCUT2D eigenvalue weighted by Gasteiger charge is -2.18. The third-order valence-corrected chi connectivity index (χ3v) is 5.48. The molecule has 1 aliphatic carbocycles. The van der Waals surface area contributed by atoms with Crippen molar-refractivity contribution in [2.45, 2.75) is 50.6 Å². The summed E-state index contributed by atoms with van der Waals surface area (Å²) in [4.78, 5) is 29.5. The Labute approximate surface area is 191 Å². The number of hydrogen-bond donors (Lipinski definition) is 2. The van der Waals surface area contributed by atoms with Gasteiger partial charge in [0.05, 0.1) is 0 Å². The molecule has 32 heavy (non-hydrogen) atoms. The average Bonchev–Trinajstić information content (AvgIpc) is 3.48. The van der Waals surface area contributed by atoms with Crippen molar-refractivity contribution in [1.82, 2.24) is 20.8 Å². The highest BCUT2D eigenvalue weighted by Gasteiger charge is 2.28. The lowest BCUT2D eigenvalue weighted by atomic mass is 10.0. The summed E-state index contributed by atoms with van der Waals surface area (Å²) < 4.78 is 5.29. The molecule has 1 heterocycles. The molecular weight excluding hydrogens is 428 g/mol. The Morgan fingerprint density at radius 3 is 2.56 bits per heavy atom. The Morgan fingerprint density at radius 2 is 1.84 bits per heavy atom. The molecule has 4 rings (SSSR count). The first-order chi connectivity index (χ1) is 15.6. The van der Waals surface area contributed by atoms with Gasteiger partial charge in [-0.2, -0.15) is 4.98 Å². The van der Waals surface area contributed by atoms with Gasteiger partial charge in [-0.25, -0.2) is 0 Å². The standard InChI is InChI=1S/C24H25ClN4O3/c25-18-11-9-17(10-12-18)23-28-22(32-29-23)8-4-7-21(30)27-20(24(31)26-19-13-14-19)15-16-5-2-1-3-6-16/h1-3,5-6,9-12,19-20H,4,7-8,13-15H2,(H,26,31)(H,27,30). The van der Waals surface area contributed by atoms with Crippen LogP contribution in [0.5, 0.6) is 0 Å². The van der Waals surface area contributed by atoms with Gasteiger partial charge in [-0.1, -0.05) is 47.1 Å². The highest BCUT2D eigenvalue weighted by Crippen LogP contribution is 2.20. The summed E-state index contributed by atoms with van der Waals surface area (Å²) >= 11 is 5.90. The van der Waals surface area contributed by atoms with E-state index in [-0.39, 0.29) is 24.3 Å². The fraction of sp³-hybridized carbons (Fsp3) is 0.333. The Bertz CT molecular complexity index is 1050. The number of rotatable bonds is 10. The Morgan fingerprint density at radius 1 is 1.09 bits per heavy atom. The van der Waals surface area contributed by atoms with Crippen molar-refractivity contribution in [3.8, 4) is 11.4 Å². The molecule has 0 radical (unpaired) electrons. The number of carbonyl (C=O) groups excluding carboxylic acids is 2. The van der Waals surface area contributed by atoms with Gasteiger partial charge in [-0.05, 0) is 49.1 Å². The first-order valence-corrected chi connectivity index (χ1v) is 11.2. The maximum atomic E-state index is 12.6. The fourth-order valence-corrected chi connectivity index (χ4v) is 3.45. The van der Waals surface area contributed by atoms with Crippen LogP contribution in [0.25, 0.3) is 11.4 Å². The van der Waals surface area contributed by atoms with E-state index >= 15 is 0 Å². The van der Waals surface area contributed by atoms with Gasteiger partial charge in [0, 0.05) is 35.9 Å². The SMILES string of the molecule is O=C(CCCc1nc(-c2ccc(Cl)cc2)no1)NC(Cc1ccccc1)C(=O)NC1CC1. The van der Waals surface area contributed by atoms with Gasteiger partial charge < -0.3 is 15.2 Å². The molecule has 1 saturated carbocycles. The van der Waals surface area contributed by atoms with Crippen molar-refractivity contribution in [2.24, 2.45) is 0 Å². The quantitative estimate of drug-likeness (QED) is 0.488. The van der Waals surface area contributed by atoms with Crippen LogP contribution in [0.4, 0.5) is 0 Å². The minimum atomic E-state index is -0.592. The van der Waals surface area contributed by atoms with E-state index in [1.165, 1.54) is 0 Å². The average molecular weight is 453 g/mol. The van der Waals surface area contributed by atoms with Crippen LogP contribution in [0.2, 0.25) is 5.02 Å². The van der Waals surface area contributed by atoms with Gasteiger partial charge in [0.1, 0.15) is 6.04 Å². The summed E-state index contributed by atoms with van der Waals surface area (Å²) in [5.41, 5.74) is 1.82. The van der Waals surface area contributed by atoms with Crippen LogP contribution in [0.15, 0.2) is 59.1 Å². The van der Waals surface area contributed by atoms with E-state index in [1.807, 2.05) is 42.5 Å². The van der Waals surface area contributed by atoms with Gasteiger partial charge in [0.15, 0.2) is 0 Å². The monoisotopic (exact) mass is 452 g/mol. The van der Waals surface area contributed by atoms with Crippen LogP contribution in [0, 0.1) is 0 Å². The molecule has 2 aromatic carbocycles. The van der Waals surface area contributed by atoms with E-state index in [9.17, 15) is 9.59 Å². The number of nitrogens with one attached hydrogen (secondary N) is 2. The highest BCUT2D eigenvalue weighted by atomic mass is 35.5. The molecule has 2 N–H and O–H groups in total. The molecule has 7 nitrogen and oxygen atoms in total. The van der Waals surface area contributed by atoms with Gasteiger partial charge >= 0.3 is 0 Å². The molecule has 3 aromatic rings. The summed E-state index contributed by atoms with van der Waals surface area (Å²) in [6.45, 7) is 0. The van der Waals surface area contributed by atoms with Crippen LogP contribution < -0.4 is 10.6 Å². The van der Waals surface area contributed by atoms with Gasteiger partial charge in [-0.15, -0.1) is 0 Å². The summed E-state index contributed by atoms with van der Waals surface area (Å²) in [6.07, 6.45) is 3.74. The predicted octanol–water partition coefficient (Wildman–Crippen LogP) is 3.72. The molecule has 0 bridgehead atoms. The summed E-state index contributed by atoms with van der Waals surface area (Å²) in [6, 6.07) is 16.5. The second-order valence-corrected chi connectivity index (χ2v) is 8.40. The number of nitrogens with zero attached hydrogens (tertiary/aromatic N) is 2. The number of benzene rings is 2. The van der Waals surface area contributed by atoms with Gasteiger partial charge in [-0.3, -0.25) is 9.59 Å². The van der Waals surface area contributed by atoms with Crippen molar-refractivity contribution in [3.05, 3.63) is 71.1 Å². The third-order valence-electron chi connectivity index (χ3n) is 5.22. The predicted molar refractivity (Wildman–Crippen MR) is 121 cm³/mol. The van der Waals surface area contributed by atoms with Crippen molar-refractivity contribution < 1.29 is 14.1 Å². The van der Waals surface area contributed by atoms with Crippen LogP contribution in [-0.2, 0) is 22.4 Å². The molecular formula is C24H25ClN4O3. The number of hydrogen-bond acceptors (Lipinski definition) is 5. The second-order valence-electron chi connectivity index (χ2n) is 7.96. The van der Waals surface area contributed by atoms with Crippen LogP contribution in [-0.4, -0.2) is 34.0 Å². The van der Waals surface area contributed by atoms with E-state index < -0.39 is 6.04 Å². The molecule has 2 amide bonds. The smallest absolute Gasteiger partial charge is 0.243 e. The third kappa shape index (κ3) is 6.40. The molecule has 1 aromatic heterocycles. The number of amides is 2. The molecule has 0 aliphatic heterocycles. The fourth-order valence-electron chi connectivity index (χ4n) is 3.33. The van der Waals surface area contributed by atoms with Crippen molar-refractivity contribution in [2.75, 3.05) is 0 Å². The number of aryl methyl sites for hydroxylation is 1. The first kappa shape index (κ1) is 22.0. The Hall–Kier alpha value is -3.19. The summed E-state index contributed by atoms with van der Waals surface area (Å²) in [5.74, 6) is 0.652. The Balaban J connectivity index is 1.28. The highest BCUT2D eigenvalue weighted by molar-refractivity contribution is 6.30. The van der Waals surface area contributed by atoms with E-state index in [4.69, 9.17) is 16.1 Å². The summed E-state index contributed by atoms with van der Waals surface area (Å²) in [7, 11) is 0. The molecule has 1 fully saturated rings. The van der Waals surface area contributed by atoms with Crippen LogP contribution >= 0.6 is 11.6 Å². The van der Waals surface area contributed by atoms with Gasteiger partial charge in [0.25, 0.3) is 0 Å². The van der Waals surface area contributed by atoms with E-state index in [0.717, 1.165) is 24.0 Å². The summed E-state index contributed by atoms with van der Waals surface area (Å²) in [5, 5.41) is 10.5. The zero-order valence-corrected chi connectivity index (χ0v) is 18.3. The largest absolute Gasteiger partial charge is 0.352 e. The second kappa shape index (κ2) is 10.4. The molecule has 166 valence electrons. The molecule has 0 saturated heterocycles. The minimum Gasteiger partial charge on any atom is -0.352 e. The van der Waals surface area contributed by atoms with Crippen molar-refractivity contribution in [1.29, 1.82) is 0 Å². The van der Waals surface area contributed by atoms with Crippen LogP contribution in [0.1, 0.15) is 37.1 Å². The number of carbonyl (C=O) groups is 2. The molecule has 1 unspecified atom stereocenters. The Kier molecular flexibility index (Phi) is 7.17. The maximum Gasteiger partial charge on any atom is 0.243 e. The van der Waals surface area contributed by atoms with Crippen molar-refractivity contribution in [3.63, 3.8) is 0 Å². The van der Waals surface area contributed by atoms with Gasteiger partial charge in [0.2, 0.25) is 23.5 Å². The molecule has 8 heteroatoms. The molecule has 1 atom stereocenters. The zero-order chi connectivity index (χ0) is 22.3. The topological polar surface area (TPSA) is 97.1 Å². The van der Waals surface area contributed by atoms with Crippen LogP contribution in [0.3, 0.4) is 0 Å². The van der Waals surface area contributed by atoms with Crippen molar-refractivity contribution >= 4 is 23.4 Å². The maximum absolute atomic E-state index is 12.6. The van der Waals surface area contributed by atoms with E-state index in [0.29, 0.717) is 36.0 Å². The molecule has 1 aliphatic rings. The van der Waals surface area contributed by atoms with E-state index in [1.54, 1.807) is 12.1 Å².